The van der Waals surface area contributed by atoms with Gasteiger partial charge in [0.1, 0.15) is 0 Å². The fourth-order valence-electron chi connectivity index (χ4n) is 2.39. The monoisotopic (exact) mass is 312 g/mol. The summed E-state index contributed by atoms with van der Waals surface area (Å²) in [5.41, 5.74) is 1.79. The van der Waals surface area contributed by atoms with Crippen molar-refractivity contribution in [2.45, 2.75) is 25.5 Å². The molecule has 1 aromatic rings. The number of hydrogen-bond acceptors (Lipinski definition) is 5. The standard InChI is InChI=1S/C14H20N2O4S/c1-2-10-5-3-4-6-11(10)16-14(18)7-15-12-8-21(19,20)9-13(12)17/h3-6,12-13,15,17H,2,7-9H2,1H3,(H,16,18). The van der Waals surface area contributed by atoms with E-state index in [2.05, 4.69) is 10.6 Å². The minimum Gasteiger partial charge on any atom is -0.390 e. The van der Waals surface area contributed by atoms with Gasteiger partial charge in [-0.15, -0.1) is 0 Å². The maximum atomic E-state index is 11.9. The van der Waals surface area contributed by atoms with Crippen molar-refractivity contribution in [3.63, 3.8) is 0 Å². The lowest BCUT2D eigenvalue weighted by Gasteiger charge is -2.15. The molecule has 0 bridgehead atoms. The number of carbonyl (C=O) groups excluding carboxylic acids is 1. The summed E-state index contributed by atoms with van der Waals surface area (Å²) in [4.78, 5) is 11.9. The molecule has 2 rings (SSSR count). The lowest BCUT2D eigenvalue weighted by atomic mass is 10.1. The van der Waals surface area contributed by atoms with E-state index in [0.29, 0.717) is 0 Å². The number of amides is 1. The average molecular weight is 312 g/mol. The Morgan fingerprint density at radius 2 is 2.05 bits per heavy atom. The van der Waals surface area contributed by atoms with Gasteiger partial charge in [-0.2, -0.15) is 0 Å². The smallest absolute Gasteiger partial charge is 0.238 e. The molecule has 1 aliphatic heterocycles. The summed E-state index contributed by atoms with van der Waals surface area (Å²) in [6, 6.07) is 6.94. The van der Waals surface area contributed by atoms with E-state index in [0.717, 1.165) is 17.7 Å². The molecule has 0 aliphatic carbocycles. The molecule has 1 aliphatic rings. The van der Waals surface area contributed by atoms with Crippen molar-refractivity contribution in [3.8, 4) is 0 Å². The summed E-state index contributed by atoms with van der Waals surface area (Å²) >= 11 is 0. The number of rotatable bonds is 5. The zero-order chi connectivity index (χ0) is 15.5. The Morgan fingerprint density at radius 1 is 1.33 bits per heavy atom. The number of para-hydroxylation sites is 1. The van der Waals surface area contributed by atoms with Gasteiger partial charge in [-0.05, 0) is 18.1 Å². The van der Waals surface area contributed by atoms with Crippen LogP contribution in [0.5, 0.6) is 0 Å². The van der Waals surface area contributed by atoms with Gasteiger partial charge in [-0.25, -0.2) is 8.42 Å². The molecule has 6 nitrogen and oxygen atoms in total. The molecule has 7 heteroatoms. The molecule has 0 saturated carbocycles. The third kappa shape index (κ3) is 4.26. The zero-order valence-corrected chi connectivity index (χ0v) is 12.7. The van der Waals surface area contributed by atoms with Crippen LogP contribution in [0, 0.1) is 0 Å². The van der Waals surface area contributed by atoms with E-state index in [4.69, 9.17) is 0 Å². The highest BCUT2D eigenvalue weighted by atomic mass is 32.2. The van der Waals surface area contributed by atoms with Gasteiger partial charge < -0.3 is 15.7 Å². The third-order valence-electron chi connectivity index (χ3n) is 3.52. The van der Waals surface area contributed by atoms with Crippen LogP contribution in [0.1, 0.15) is 12.5 Å². The van der Waals surface area contributed by atoms with Gasteiger partial charge >= 0.3 is 0 Å². The minimum absolute atomic E-state index is 0.0324. The molecule has 116 valence electrons. The summed E-state index contributed by atoms with van der Waals surface area (Å²) in [6.45, 7) is 1.97. The summed E-state index contributed by atoms with van der Waals surface area (Å²) in [5.74, 6) is -0.634. The lowest BCUT2D eigenvalue weighted by Crippen LogP contribution is -2.42. The molecular formula is C14H20N2O4S. The molecule has 0 aromatic heterocycles. The predicted molar refractivity (Wildman–Crippen MR) is 80.9 cm³/mol. The predicted octanol–water partition coefficient (Wildman–Crippen LogP) is -0.0650. The molecule has 1 amide bonds. The Balaban J connectivity index is 1.88. The fraction of sp³-hybridized carbons (Fsp3) is 0.500. The van der Waals surface area contributed by atoms with Crippen LogP contribution in [0.25, 0.3) is 0 Å². The first-order valence-corrected chi connectivity index (χ1v) is 8.73. The molecular weight excluding hydrogens is 292 g/mol. The van der Waals surface area contributed by atoms with E-state index < -0.39 is 22.0 Å². The lowest BCUT2D eigenvalue weighted by molar-refractivity contribution is -0.115. The van der Waals surface area contributed by atoms with Gasteiger partial charge in [-0.1, -0.05) is 25.1 Å². The van der Waals surface area contributed by atoms with Crippen LogP contribution in [0.2, 0.25) is 0 Å². The highest BCUT2D eigenvalue weighted by Gasteiger charge is 2.36. The van der Waals surface area contributed by atoms with E-state index in [1.54, 1.807) is 0 Å². The van der Waals surface area contributed by atoms with Crippen molar-refractivity contribution in [1.82, 2.24) is 5.32 Å². The van der Waals surface area contributed by atoms with Crippen LogP contribution in [-0.2, 0) is 21.1 Å². The summed E-state index contributed by atoms with van der Waals surface area (Å²) in [7, 11) is -3.21. The van der Waals surface area contributed by atoms with Crippen LogP contribution < -0.4 is 10.6 Å². The highest BCUT2D eigenvalue weighted by molar-refractivity contribution is 7.91. The second-order valence-corrected chi connectivity index (χ2v) is 7.34. The quantitative estimate of drug-likeness (QED) is 0.708. The highest BCUT2D eigenvalue weighted by Crippen LogP contribution is 2.15. The topological polar surface area (TPSA) is 95.5 Å². The fourth-order valence-corrected chi connectivity index (χ4v) is 4.17. The first kappa shape index (κ1) is 15.9. The first-order valence-electron chi connectivity index (χ1n) is 6.91. The molecule has 0 spiro atoms. The van der Waals surface area contributed by atoms with Crippen molar-refractivity contribution in [3.05, 3.63) is 29.8 Å². The maximum absolute atomic E-state index is 11.9. The zero-order valence-electron chi connectivity index (χ0n) is 11.9. The second kappa shape index (κ2) is 6.55. The second-order valence-electron chi connectivity index (χ2n) is 5.19. The Hall–Kier alpha value is -1.44. The van der Waals surface area contributed by atoms with E-state index in [1.165, 1.54) is 0 Å². The van der Waals surface area contributed by atoms with Gasteiger partial charge in [0.05, 0.1) is 24.2 Å². The van der Waals surface area contributed by atoms with Gasteiger partial charge in [-0.3, -0.25) is 4.79 Å². The summed E-state index contributed by atoms with van der Waals surface area (Å²) < 4.78 is 22.7. The van der Waals surface area contributed by atoms with Crippen LogP contribution >= 0.6 is 0 Å². The van der Waals surface area contributed by atoms with E-state index >= 15 is 0 Å². The summed E-state index contributed by atoms with van der Waals surface area (Å²) in [6.07, 6.45) is -0.144. The molecule has 1 fully saturated rings. The average Bonchev–Trinajstić information content (AvgIpc) is 2.69. The normalized spacial score (nSPS) is 23.9. The van der Waals surface area contributed by atoms with E-state index in [1.807, 2.05) is 31.2 Å². The van der Waals surface area contributed by atoms with Crippen molar-refractivity contribution >= 4 is 21.4 Å². The number of aryl methyl sites for hydroxylation is 1. The molecule has 1 heterocycles. The van der Waals surface area contributed by atoms with Gasteiger partial charge in [0.2, 0.25) is 5.91 Å². The Kier molecular flexibility index (Phi) is 4.97. The Bertz CT molecular complexity index is 615. The number of aliphatic hydroxyl groups excluding tert-OH is 1. The number of sulfone groups is 1. The van der Waals surface area contributed by atoms with Crippen LogP contribution in [0.4, 0.5) is 5.69 Å². The number of hydrogen-bond donors (Lipinski definition) is 3. The Labute approximate surface area is 124 Å². The number of nitrogens with one attached hydrogen (secondary N) is 2. The van der Waals surface area contributed by atoms with Gasteiger partial charge in [0, 0.05) is 11.7 Å². The van der Waals surface area contributed by atoms with Crippen molar-refractivity contribution in [1.29, 1.82) is 0 Å². The molecule has 1 saturated heterocycles. The number of aliphatic hydroxyl groups is 1. The molecule has 2 unspecified atom stereocenters. The molecule has 0 radical (unpaired) electrons. The summed E-state index contributed by atoms with van der Waals surface area (Å²) in [5, 5.41) is 15.2. The largest absolute Gasteiger partial charge is 0.390 e. The number of benzene rings is 1. The van der Waals surface area contributed by atoms with Gasteiger partial charge in [0.25, 0.3) is 0 Å². The van der Waals surface area contributed by atoms with Crippen LogP contribution in [-0.4, -0.2) is 49.6 Å². The van der Waals surface area contributed by atoms with Crippen molar-refractivity contribution in [2.75, 3.05) is 23.4 Å². The Morgan fingerprint density at radius 3 is 2.67 bits per heavy atom. The van der Waals surface area contributed by atoms with Crippen LogP contribution in [0.15, 0.2) is 24.3 Å². The molecule has 2 atom stereocenters. The van der Waals surface area contributed by atoms with Crippen molar-refractivity contribution in [2.24, 2.45) is 0 Å². The SMILES string of the molecule is CCc1ccccc1NC(=O)CNC1CS(=O)(=O)CC1O. The third-order valence-corrected chi connectivity index (χ3v) is 5.24. The van der Waals surface area contributed by atoms with E-state index in [9.17, 15) is 18.3 Å². The number of carbonyl (C=O) groups is 1. The molecule has 1 aromatic carbocycles. The number of anilines is 1. The minimum atomic E-state index is -3.21. The van der Waals surface area contributed by atoms with E-state index in [-0.39, 0.29) is 24.0 Å². The van der Waals surface area contributed by atoms with Crippen LogP contribution in [0.3, 0.4) is 0 Å². The van der Waals surface area contributed by atoms with Crippen molar-refractivity contribution < 1.29 is 18.3 Å². The molecule has 21 heavy (non-hydrogen) atoms. The van der Waals surface area contributed by atoms with Gasteiger partial charge in [0.15, 0.2) is 9.84 Å². The molecule has 3 N–H and O–H groups in total. The first-order chi connectivity index (χ1) is 9.91. The maximum Gasteiger partial charge on any atom is 0.238 e.